The van der Waals surface area contributed by atoms with Gasteiger partial charge < -0.3 is 19.4 Å². The van der Waals surface area contributed by atoms with Crippen LogP contribution < -0.4 is 20.4 Å². The van der Waals surface area contributed by atoms with Crippen molar-refractivity contribution >= 4 is 33.2 Å². The highest BCUT2D eigenvalue weighted by Gasteiger charge is 2.35. The lowest BCUT2D eigenvalue weighted by atomic mass is 10.2. The summed E-state index contributed by atoms with van der Waals surface area (Å²) in [5, 5.41) is 4.06. The third-order valence-electron chi connectivity index (χ3n) is 5.70. The van der Waals surface area contributed by atoms with Crippen LogP contribution in [0, 0.1) is 0 Å². The van der Waals surface area contributed by atoms with Crippen LogP contribution in [0.15, 0.2) is 44.9 Å². The molecule has 1 amide bonds. The van der Waals surface area contributed by atoms with E-state index in [1.807, 2.05) is 24.3 Å². The molecule has 182 valence electrons. The van der Waals surface area contributed by atoms with Gasteiger partial charge in [0.1, 0.15) is 10.4 Å². The van der Waals surface area contributed by atoms with Crippen LogP contribution in [0.5, 0.6) is 5.75 Å². The molecule has 0 aliphatic carbocycles. The molecule has 0 saturated carbocycles. The van der Waals surface area contributed by atoms with Crippen molar-refractivity contribution in [3.63, 3.8) is 0 Å². The van der Waals surface area contributed by atoms with Crippen LogP contribution in [0.3, 0.4) is 0 Å². The molecule has 0 radical (unpaired) electrons. The number of hydrogen-bond donors (Lipinski definition) is 1. The van der Waals surface area contributed by atoms with E-state index in [9.17, 15) is 22.8 Å². The smallest absolute Gasteiger partial charge is 0.449 e. The van der Waals surface area contributed by atoms with Crippen molar-refractivity contribution in [2.75, 3.05) is 51.3 Å². The number of halogens is 3. The summed E-state index contributed by atoms with van der Waals surface area (Å²) in [6.45, 7) is 4.57. The molecule has 0 bridgehead atoms. The number of anilines is 1. The van der Waals surface area contributed by atoms with Gasteiger partial charge in [-0.1, -0.05) is 12.1 Å². The number of methoxy groups -OCH3 is 1. The maximum atomic E-state index is 13.0. The monoisotopic (exact) mass is 495 g/mol. The minimum absolute atomic E-state index is 0.00827. The van der Waals surface area contributed by atoms with E-state index in [2.05, 4.69) is 15.1 Å². The van der Waals surface area contributed by atoms with Crippen LogP contribution in [-0.4, -0.2) is 57.2 Å². The predicted molar refractivity (Wildman–Crippen MR) is 124 cm³/mol. The molecule has 3 heterocycles. The molecule has 0 spiro atoms. The van der Waals surface area contributed by atoms with Gasteiger partial charge in [0.25, 0.3) is 5.91 Å². The number of nitrogens with zero attached hydrogens (tertiary/aromatic N) is 2. The molecule has 34 heavy (non-hydrogen) atoms. The lowest BCUT2D eigenvalue weighted by Crippen LogP contribution is -2.47. The Bertz CT molecular complexity index is 1220. The Morgan fingerprint density at radius 2 is 1.94 bits per heavy atom. The van der Waals surface area contributed by atoms with Crippen molar-refractivity contribution in [1.82, 2.24) is 10.2 Å². The molecule has 11 heteroatoms. The molecule has 3 aromatic rings. The molecule has 1 aliphatic rings. The molecule has 1 saturated heterocycles. The van der Waals surface area contributed by atoms with Gasteiger partial charge in [0, 0.05) is 44.2 Å². The van der Waals surface area contributed by atoms with Gasteiger partial charge in [0.15, 0.2) is 5.58 Å². The fraction of sp³-hybridized carbons (Fsp3) is 0.391. The number of carbonyl (C=O) groups excluding carboxylic acids is 1. The van der Waals surface area contributed by atoms with E-state index in [1.54, 1.807) is 7.11 Å². The van der Waals surface area contributed by atoms with Gasteiger partial charge in [0.05, 0.1) is 18.4 Å². The lowest BCUT2D eigenvalue weighted by Gasteiger charge is -2.36. The number of nitrogens with one attached hydrogen (secondary N) is 1. The molecule has 7 nitrogen and oxygen atoms in total. The van der Waals surface area contributed by atoms with Gasteiger partial charge in [-0.2, -0.15) is 13.2 Å². The average Bonchev–Trinajstić information content (AvgIpc) is 3.26. The highest BCUT2D eigenvalue weighted by atomic mass is 32.1. The van der Waals surface area contributed by atoms with Crippen LogP contribution in [0.4, 0.5) is 18.9 Å². The Kier molecular flexibility index (Phi) is 7.13. The second kappa shape index (κ2) is 10.1. The summed E-state index contributed by atoms with van der Waals surface area (Å²) in [7, 11) is 1.66. The Hall–Kier alpha value is -3.05. The van der Waals surface area contributed by atoms with Crippen molar-refractivity contribution in [3.05, 3.63) is 57.3 Å². The molecule has 0 atom stereocenters. The maximum Gasteiger partial charge on any atom is 0.449 e. The number of para-hydroxylation sites is 2. The molecular formula is C23H24F3N3O4S. The molecule has 1 aliphatic heterocycles. The van der Waals surface area contributed by atoms with E-state index >= 15 is 0 Å². The number of amides is 1. The van der Waals surface area contributed by atoms with Gasteiger partial charge in [-0.15, -0.1) is 11.3 Å². The van der Waals surface area contributed by atoms with Gasteiger partial charge in [-0.3, -0.25) is 14.5 Å². The molecule has 0 unspecified atom stereocenters. The number of carbonyl (C=O) groups is 1. The summed E-state index contributed by atoms with van der Waals surface area (Å²) in [5.41, 5.74) is -0.131. The first kappa shape index (κ1) is 24.1. The number of benzene rings is 1. The summed E-state index contributed by atoms with van der Waals surface area (Å²) in [6, 6.07) is 8.32. The van der Waals surface area contributed by atoms with Crippen LogP contribution in [-0.2, 0) is 6.18 Å². The molecule has 1 aromatic carbocycles. The van der Waals surface area contributed by atoms with E-state index in [-0.39, 0.29) is 15.8 Å². The second-order valence-corrected chi connectivity index (χ2v) is 8.77. The van der Waals surface area contributed by atoms with E-state index < -0.39 is 23.3 Å². The van der Waals surface area contributed by atoms with Crippen LogP contribution in [0.2, 0.25) is 0 Å². The molecule has 1 N–H and O–H groups in total. The number of ether oxygens (including phenoxy) is 1. The first-order valence-electron chi connectivity index (χ1n) is 10.8. The first-order chi connectivity index (χ1) is 16.3. The van der Waals surface area contributed by atoms with Crippen LogP contribution in [0.25, 0.3) is 10.3 Å². The molecule has 1 fully saturated rings. The van der Waals surface area contributed by atoms with Gasteiger partial charge in [-0.25, -0.2) is 0 Å². The quantitative estimate of drug-likeness (QED) is 0.503. The van der Waals surface area contributed by atoms with Gasteiger partial charge in [0.2, 0.25) is 11.2 Å². The normalized spacial score (nSPS) is 15.0. The van der Waals surface area contributed by atoms with Crippen LogP contribution >= 0.6 is 11.3 Å². The number of alkyl halides is 3. The third-order valence-corrected chi connectivity index (χ3v) is 6.68. The van der Waals surface area contributed by atoms with Crippen molar-refractivity contribution in [3.8, 4) is 5.75 Å². The number of piperazine rings is 1. The van der Waals surface area contributed by atoms with Crippen molar-refractivity contribution < 1.29 is 27.1 Å². The highest BCUT2D eigenvalue weighted by Crippen LogP contribution is 2.33. The summed E-state index contributed by atoms with van der Waals surface area (Å²) >= 11 is 0.895. The standard InChI is InChI=1S/C23H24F3N3O4S/c1-32-18-6-3-2-5-16(18)29-11-9-28(10-12-29)8-4-7-27-22(31)15-14-34-21-17(30)13-19(23(24,25)26)33-20(15)21/h2-3,5-6,13-14H,4,7-12H2,1H3,(H,27,31). The fourth-order valence-electron chi connectivity index (χ4n) is 3.94. The molecule has 4 rings (SSSR count). The number of rotatable bonds is 7. The average molecular weight is 496 g/mol. The van der Waals surface area contributed by atoms with Crippen molar-refractivity contribution in [1.29, 1.82) is 0 Å². The zero-order valence-corrected chi connectivity index (χ0v) is 19.3. The Balaban J connectivity index is 1.28. The Morgan fingerprint density at radius 1 is 1.21 bits per heavy atom. The Morgan fingerprint density at radius 3 is 2.65 bits per heavy atom. The Labute approximate surface area is 197 Å². The number of thiophene rings is 1. The lowest BCUT2D eigenvalue weighted by molar-refractivity contribution is -0.152. The maximum absolute atomic E-state index is 13.0. The minimum atomic E-state index is -4.81. The molecular weight excluding hydrogens is 471 g/mol. The highest BCUT2D eigenvalue weighted by molar-refractivity contribution is 7.17. The predicted octanol–water partition coefficient (Wildman–Crippen LogP) is 3.82. The summed E-state index contributed by atoms with van der Waals surface area (Å²) < 4.78 is 49.2. The second-order valence-electron chi connectivity index (χ2n) is 7.89. The zero-order chi connectivity index (χ0) is 24.3. The molecule has 2 aromatic heterocycles. The summed E-state index contributed by atoms with van der Waals surface area (Å²) in [6.07, 6.45) is -4.13. The van der Waals surface area contributed by atoms with Crippen molar-refractivity contribution in [2.24, 2.45) is 0 Å². The van der Waals surface area contributed by atoms with E-state index in [4.69, 9.17) is 9.15 Å². The van der Waals surface area contributed by atoms with E-state index in [0.29, 0.717) is 19.0 Å². The first-order valence-corrected chi connectivity index (χ1v) is 11.7. The van der Waals surface area contributed by atoms with E-state index in [1.165, 1.54) is 5.38 Å². The van der Waals surface area contributed by atoms with E-state index in [0.717, 1.165) is 55.5 Å². The minimum Gasteiger partial charge on any atom is -0.495 e. The van der Waals surface area contributed by atoms with Crippen LogP contribution in [0.1, 0.15) is 22.5 Å². The third kappa shape index (κ3) is 5.20. The summed E-state index contributed by atoms with van der Waals surface area (Å²) in [5.74, 6) is -1.13. The van der Waals surface area contributed by atoms with Crippen molar-refractivity contribution in [2.45, 2.75) is 12.6 Å². The largest absolute Gasteiger partial charge is 0.495 e. The number of hydrogen-bond acceptors (Lipinski definition) is 7. The topological polar surface area (TPSA) is 75.0 Å². The zero-order valence-electron chi connectivity index (χ0n) is 18.5. The number of fused-ring (bicyclic) bond motifs is 1. The van der Waals surface area contributed by atoms with Gasteiger partial charge >= 0.3 is 6.18 Å². The van der Waals surface area contributed by atoms with Gasteiger partial charge in [-0.05, 0) is 25.1 Å². The SMILES string of the molecule is COc1ccccc1N1CCN(CCCNC(=O)c2csc3c(=O)cc(C(F)(F)F)oc23)CC1. The summed E-state index contributed by atoms with van der Waals surface area (Å²) in [4.78, 5) is 29.1. The fourth-order valence-corrected chi connectivity index (χ4v) is 4.83.